The number of hydrogen-bond donors (Lipinski definition) is 2. The van der Waals surface area contributed by atoms with Gasteiger partial charge in [-0.05, 0) is 68.3 Å². The van der Waals surface area contributed by atoms with Crippen molar-refractivity contribution < 1.29 is 14.6 Å². The van der Waals surface area contributed by atoms with E-state index in [4.69, 9.17) is 4.74 Å². The summed E-state index contributed by atoms with van der Waals surface area (Å²) >= 11 is 0. The molecule has 0 heterocycles. The van der Waals surface area contributed by atoms with E-state index in [9.17, 15) is 9.90 Å². The zero-order valence-electron chi connectivity index (χ0n) is 15.2. The second kappa shape index (κ2) is 8.38. The first kappa shape index (κ1) is 18.6. The lowest BCUT2D eigenvalue weighted by molar-refractivity contribution is 0.104. The van der Waals surface area contributed by atoms with Crippen LogP contribution in [0.5, 0.6) is 11.5 Å². The zero-order chi connectivity index (χ0) is 18.4. The summed E-state index contributed by atoms with van der Waals surface area (Å²) in [6.07, 6.45) is 4.16. The molecular weight excluding hydrogens is 314 g/mol. The van der Waals surface area contributed by atoms with Crippen molar-refractivity contribution in [2.45, 2.75) is 27.2 Å². The van der Waals surface area contributed by atoms with Gasteiger partial charge in [0, 0.05) is 29.4 Å². The van der Waals surface area contributed by atoms with E-state index in [0.717, 1.165) is 23.2 Å². The van der Waals surface area contributed by atoms with E-state index in [1.165, 1.54) is 0 Å². The highest BCUT2D eigenvalue weighted by Crippen LogP contribution is 2.35. The molecule has 0 aliphatic carbocycles. The Morgan fingerprint density at radius 3 is 2.52 bits per heavy atom. The highest BCUT2D eigenvalue weighted by molar-refractivity contribution is 6.07. The molecule has 2 N–H and O–H groups in total. The van der Waals surface area contributed by atoms with Crippen LogP contribution in [0.3, 0.4) is 0 Å². The average molecular weight is 339 g/mol. The standard InChI is InChI=1S/C21H25NO3/c1-5-12-25-21-15(3)20(24)14(2)13-17(21)8-11-19(23)16-6-9-18(22-4)10-7-16/h6-11,13,22,24H,5,12H2,1-4H3. The van der Waals surface area contributed by atoms with E-state index in [-0.39, 0.29) is 11.5 Å². The number of ketones is 1. The molecule has 2 rings (SSSR count). The second-order valence-corrected chi connectivity index (χ2v) is 5.96. The molecule has 25 heavy (non-hydrogen) atoms. The fraction of sp³-hybridized carbons (Fsp3) is 0.286. The molecule has 0 amide bonds. The summed E-state index contributed by atoms with van der Waals surface area (Å²) in [6.45, 7) is 6.24. The van der Waals surface area contributed by atoms with Crippen molar-refractivity contribution in [1.82, 2.24) is 0 Å². The van der Waals surface area contributed by atoms with E-state index in [2.05, 4.69) is 5.32 Å². The smallest absolute Gasteiger partial charge is 0.185 e. The lowest BCUT2D eigenvalue weighted by atomic mass is 10.0. The van der Waals surface area contributed by atoms with E-state index in [0.29, 0.717) is 23.5 Å². The number of benzene rings is 2. The molecule has 2 aromatic carbocycles. The first-order valence-electron chi connectivity index (χ1n) is 8.44. The van der Waals surface area contributed by atoms with Crippen LogP contribution in [-0.4, -0.2) is 24.5 Å². The van der Waals surface area contributed by atoms with Gasteiger partial charge in [-0.2, -0.15) is 0 Å². The fourth-order valence-corrected chi connectivity index (χ4v) is 2.57. The number of nitrogens with one attached hydrogen (secondary N) is 1. The van der Waals surface area contributed by atoms with Gasteiger partial charge in [0.2, 0.25) is 0 Å². The first-order chi connectivity index (χ1) is 12.0. The van der Waals surface area contributed by atoms with Gasteiger partial charge < -0.3 is 15.2 Å². The van der Waals surface area contributed by atoms with E-state index >= 15 is 0 Å². The maximum absolute atomic E-state index is 12.4. The quantitative estimate of drug-likeness (QED) is 0.565. The van der Waals surface area contributed by atoms with E-state index < -0.39 is 0 Å². The molecule has 0 radical (unpaired) electrons. The number of rotatable bonds is 7. The number of carbonyl (C=O) groups is 1. The van der Waals surface area contributed by atoms with Crippen LogP contribution in [0.25, 0.3) is 6.08 Å². The van der Waals surface area contributed by atoms with Gasteiger partial charge in [0.1, 0.15) is 11.5 Å². The van der Waals surface area contributed by atoms with Crippen LogP contribution < -0.4 is 10.1 Å². The minimum atomic E-state index is -0.0764. The molecule has 0 saturated carbocycles. The summed E-state index contributed by atoms with van der Waals surface area (Å²) in [5.74, 6) is 0.782. The molecule has 0 unspecified atom stereocenters. The number of allylic oxidation sites excluding steroid dienone is 1. The number of phenols is 1. The van der Waals surface area contributed by atoms with Crippen LogP contribution in [0, 0.1) is 13.8 Å². The number of phenolic OH excluding ortho intramolecular Hbond substituents is 1. The Bertz CT molecular complexity index is 777. The molecule has 0 fully saturated rings. The van der Waals surface area contributed by atoms with Crippen molar-refractivity contribution >= 4 is 17.5 Å². The Morgan fingerprint density at radius 1 is 1.24 bits per heavy atom. The Kier molecular flexibility index (Phi) is 6.23. The monoisotopic (exact) mass is 339 g/mol. The summed E-state index contributed by atoms with van der Waals surface area (Å²) in [7, 11) is 1.84. The Hall–Kier alpha value is -2.75. The van der Waals surface area contributed by atoms with Crippen molar-refractivity contribution in [3.8, 4) is 11.5 Å². The second-order valence-electron chi connectivity index (χ2n) is 5.96. The zero-order valence-corrected chi connectivity index (χ0v) is 15.2. The van der Waals surface area contributed by atoms with Crippen molar-refractivity contribution in [3.63, 3.8) is 0 Å². The number of anilines is 1. The molecule has 132 valence electrons. The Morgan fingerprint density at radius 2 is 1.92 bits per heavy atom. The molecule has 0 aliphatic heterocycles. The normalized spacial score (nSPS) is 10.9. The van der Waals surface area contributed by atoms with Gasteiger partial charge >= 0.3 is 0 Å². The van der Waals surface area contributed by atoms with Crippen LogP contribution in [0.2, 0.25) is 0 Å². The highest BCUT2D eigenvalue weighted by atomic mass is 16.5. The number of hydrogen-bond acceptors (Lipinski definition) is 4. The molecule has 0 spiro atoms. The van der Waals surface area contributed by atoms with Gasteiger partial charge in [-0.1, -0.05) is 6.92 Å². The Balaban J connectivity index is 2.30. The molecule has 0 aromatic heterocycles. The maximum atomic E-state index is 12.4. The number of carbonyl (C=O) groups excluding carboxylic acids is 1. The van der Waals surface area contributed by atoms with Gasteiger partial charge in [-0.3, -0.25) is 4.79 Å². The number of aryl methyl sites for hydroxylation is 1. The molecule has 4 nitrogen and oxygen atoms in total. The van der Waals surface area contributed by atoms with Gasteiger partial charge in [0.15, 0.2) is 5.78 Å². The van der Waals surface area contributed by atoms with Crippen molar-refractivity contribution in [1.29, 1.82) is 0 Å². The third kappa shape index (κ3) is 4.41. The lowest BCUT2D eigenvalue weighted by Crippen LogP contribution is -2.01. The summed E-state index contributed by atoms with van der Waals surface area (Å²) in [5.41, 5.74) is 3.83. The fourth-order valence-electron chi connectivity index (χ4n) is 2.57. The topological polar surface area (TPSA) is 58.6 Å². The third-order valence-corrected chi connectivity index (χ3v) is 4.03. The van der Waals surface area contributed by atoms with E-state index in [1.807, 2.05) is 46.0 Å². The first-order valence-corrected chi connectivity index (χ1v) is 8.44. The molecule has 2 aromatic rings. The van der Waals surface area contributed by atoms with Crippen LogP contribution in [0.4, 0.5) is 5.69 Å². The molecule has 4 heteroatoms. The Labute approximate surface area is 149 Å². The summed E-state index contributed by atoms with van der Waals surface area (Å²) in [4.78, 5) is 12.4. The van der Waals surface area contributed by atoms with Crippen LogP contribution in [-0.2, 0) is 0 Å². The summed E-state index contributed by atoms with van der Waals surface area (Å²) in [5, 5.41) is 13.2. The molecule has 0 aliphatic rings. The molecule has 0 atom stereocenters. The van der Waals surface area contributed by atoms with Crippen molar-refractivity contribution in [2.24, 2.45) is 0 Å². The predicted molar refractivity (Wildman–Crippen MR) is 103 cm³/mol. The minimum Gasteiger partial charge on any atom is -0.507 e. The number of ether oxygens (including phenoxy) is 1. The minimum absolute atomic E-state index is 0.0764. The summed E-state index contributed by atoms with van der Waals surface area (Å²) < 4.78 is 5.79. The van der Waals surface area contributed by atoms with Gasteiger partial charge in [-0.25, -0.2) is 0 Å². The van der Waals surface area contributed by atoms with Crippen molar-refractivity contribution in [2.75, 3.05) is 19.0 Å². The third-order valence-electron chi connectivity index (χ3n) is 4.03. The number of aromatic hydroxyl groups is 1. The van der Waals surface area contributed by atoms with E-state index in [1.54, 1.807) is 24.3 Å². The largest absolute Gasteiger partial charge is 0.507 e. The maximum Gasteiger partial charge on any atom is 0.185 e. The van der Waals surface area contributed by atoms with Crippen LogP contribution in [0.15, 0.2) is 36.4 Å². The lowest BCUT2D eigenvalue weighted by Gasteiger charge is -2.14. The molecule has 0 saturated heterocycles. The van der Waals surface area contributed by atoms with Crippen molar-refractivity contribution in [3.05, 3.63) is 58.7 Å². The average Bonchev–Trinajstić information content (AvgIpc) is 2.63. The van der Waals surface area contributed by atoms with Gasteiger partial charge in [-0.15, -0.1) is 0 Å². The highest BCUT2D eigenvalue weighted by Gasteiger charge is 2.13. The predicted octanol–water partition coefficient (Wildman–Crippen LogP) is 4.74. The van der Waals surface area contributed by atoms with Crippen LogP contribution in [0.1, 0.15) is 40.4 Å². The van der Waals surface area contributed by atoms with Crippen LogP contribution >= 0.6 is 0 Å². The SMILES string of the molecule is CCCOc1c(C=CC(=O)c2ccc(NC)cc2)cc(C)c(O)c1C. The molecule has 0 bridgehead atoms. The van der Waals surface area contributed by atoms with Gasteiger partial charge in [0.25, 0.3) is 0 Å². The summed E-state index contributed by atoms with van der Waals surface area (Å²) in [6, 6.07) is 9.15. The molecular formula is C21H25NO3. The van der Waals surface area contributed by atoms with Gasteiger partial charge in [0.05, 0.1) is 6.61 Å².